The summed E-state index contributed by atoms with van der Waals surface area (Å²) in [5.41, 5.74) is 3.85. The van der Waals surface area contributed by atoms with Gasteiger partial charge in [-0.25, -0.2) is 9.97 Å². The van der Waals surface area contributed by atoms with E-state index in [0.29, 0.717) is 18.1 Å². The minimum atomic E-state index is -0.0187. The second kappa shape index (κ2) is 7.92. The van der Waals surface area contributed by atoms with E-state index in [-0.39, 0.29) is 17.7 Å². The molecule has 0 bridgehead atoms. The number of nitrogens with zero attached hydrogens (tertiary/aromatic N) is 4. The Bertz CT molecular complexity index is 950. The molecular formula is C22H25N5O. The first-order chi connectivity index (χ1) is 13.6. The van der Waals surface area contributed by atoms with Gasteiger partial charge in [-0.2, -0.15) is 5.10 Å². The van der Waals surface area contributed by atoms with Crippen LogP contribution in [-0.4, -0.2) is 44.1 Å². The van der Waals surface area contributed by atoms with Crippen LogP contribution in [-0.2, 0) is 0 Å². The van der Waals surface area contributed by atoms with Gasteiger partial charge in [-0.1, -0.05) is 44.2 Å². The first kappa shape index (κ1) is 18.3. The molecule has 3 heterocycles. The second-order valence-electron chi connectivity index (χ2n) is 7.61. The van der Waals surface area contributed by atoms with Crippen molar-refractivity contribution < 1.29 is 4.79 Å². The van der Waals surface area contributed by atoms with Crippen LogP contribution in [0, 0.1) is 0 Å². The molecule has 1 N–H and O–H groups in total. The fraction of sp³-hybridized carbons (Fsp3) is 0.364. The van der Waals surface area contributed by atoms with E-state index in [4.69, 9.17) is 0 Å². The molecule has 0 unspecified atom stereocenters. The van der Waals surface area contributed by atoms with Crippen LogP contribution in [0.2, 0.25) is 0 Å². The molecule has 3 aromatic rings. The molecule has 0 spiro atoms. The van der Waals surface area contributed by atoms with E-state index in [2.05, 4.69) is 32.3 Å². The summed E-state index contributed by atoms with van der Waals surface area (Å²) in [6.07, 6.45) is 5.56. The van der Waals surface area contributed by atoms with Gasteiger partial charge in [0.2, 0.25) is 0 Å². The zero-order valence-electron chi connectivity index (χ0n) is 16.3. The van der Waals surface area contributed by atoms with Crippen molar-refractivity contribution in [2.24, 2.45) is 0 Å². The summed E-state index contributed by atoms with van der Waals surface area (Å²) in [7, 11) is 0. The quantitative estimate of drug-likeness (QED) is 0.748. The van der Waals surface area contributed by atoms with E-state index in [1.165, 1.54) is 0 Å². The van der Waals surface area contributed by atoms with Crippen LogP contribution in [0.5, 0.6) is 0 Å². The molecule has 1 fully saturated rings. The summed E-state index contributed by atoms with van der Waals surface area (Å²) >= 11 is 0. The van der Waals surface area contributed by atoms with Crippen LogP contribution in [0.15, 0.2) is 48.8 Å². The van der Waals surface area contributed by atoms with E-state index >= 15 is 0 Å². The van der Waals surface area contributed by atoms with Crippen LogP contribution < -0.4 is 0 Å². The Morgan fingerprint density at radius 2 is 2.04 bits per heavy atom. The average Bonchev–Trinajstić information content (AvgIpc) is 3.24. The molecule has 4 rings (SSSR count). The summed E-state index contributed by atoms with van der Waals surface area (Å²) in [5.74, 6) is 1.12. The van der Waals surface area contributed by atoms with Crippen LogP contribution in [0.3, 0.4) is 0 Å². The van der Waals surface area contributed by atoms with Crippen molar-refractivity contribution in [3.63, 3.8) is 0 Å². The third-order valence-electron chi connectivity index (χ3n) is 5.28. The number of hydrogen-bond donors (Lipinski definition) is 1. The number of aromatic amines is 1. The Hall–Kier alpha value is -3.02. The summed E-state index contributed by atoms with van der Waals surface area (Å²) in [5, 5.41) is 7.47. The van der Waals surface area contributed by atoms with Gasteiger partial charge in [-0.05, 0) is 24.5 Å². The highest BCUT2D eigenvalue weighted by molar-refractivity contribution is 5.92. The molecule has 1 aliphatic heterocycles. The zero-order valence-corrected chi connectivity index (χ0v) is 16.3. The Morgan fingerprint density at radius 3 is 2.82 bits per heavy atom. The van der Waals surface area contributed by atoms with Gasteiger partial charge in [0.1, 0.15) is 11.5 Å². The smallest absolute Gasteiger partial charge is 0.272 e. The monoisotopic (exact) mass is 375 g/mol. The van der Waals surface area contributed by atoms with Gasteiger partial charge in [0.15, 0.2) is 0 Å². The predicted octanol–water partition coefficient (Wildman–Crippen LogP) is 4.01. The SMILES string of the molecule is CC(C)c1nccc(C(=O)N2CCC[C@H](c3[nH]ncc3-c3ccccc3)C2)n1. The molecule has 1 amide bonds. The van der Waals surface area contributed by atoms with Crippen molar-refractivity contribution in [2.45, 2.75) is 38.5 Å². The summed E-state index contributed by atoms with van der Waals surface area (Å²) in [6, 6.07) is 12.0. The fourth-order valence-electron chi connectivity index (χ4n) is 3.79. The molecule has 2 aromatic heterocycles. The fourth-order valence-corrected chi connectivity index (χ4v) is 3.79. The number of aromatic nitrogens is 4. The van der Waals surface area contributed by atoms with Crippen molar-refractivity contribution in [3.05, 3.63) is 66.0 Å². The maximum absolute atomic E-state index is 13.1. The van der Waals surface area contributed by atoms with Gasteiger partial charge < -0.3 is 4.90 Å². The number of likely N-dealkylation sites (tertiary alicyclic amines) is 1. The predicted molar refractivity (Wildman–Crippen MR) is 108 cm³/mol. The van der Waals surface area contributed by atoms with Crippen LogP contribution >= 0.6 is 0 Å². The molecule has 1 aliphatic rings. The summed E-state index contributed by atoms with van der Waals surface area (Å²) < 4.78 is 0. The Morgan fingerprint density at radius 1 is 1.21 bits per heavy atom. The molecule has 0 radical (unpaired) electrons. The van der Waals surface area contributed by atoms with E-state index in [0.717, 1.165) is 36.2 Å². The number of carbonyl (C=O) groups excluding carboxylic acids is 1. The lowest BCUT2D eigenvalue weighted by Crippen LogP contribution is -2.39. The number of piperidine rings is 1. The van der Waals surface area contributed by atoms with Gasteiger partial charge in [-0.15, -0.1) is 0 Å². The summed E-state index contributed by atoms with van der Waals surface area (Å²) in [6.45, 7) is 5.49. The van der Waals surface area contributed by atoms with Crippen LogP contribution in [0.4, 0.5) is 0 Å². The first-order valence-corrected chi connectivity index (χ1v) is 9.84. The van der Waals surface area contributed by atoms with Gasteiger partial charge in [0.25, 0.3) is 5.91 Å². The van der Waals surface area contributed by atoms with Crippen molar-refractivity contribution in [3.8, 4) is 11.1 Å². The Balaban J connectivity index is 1.55. The highest BCUT2D eigenvalue weighted by atomic mass is 16.2. The molecule has 1 atom stereocenters. The molecule has 6 heteroatoms. The number of benzene rings is 1. The number of H-pyrrole nitrogens is 1. The zero-order chi connectivity index (χ0) is 19.5. The molecular weight excluding hydrogens is 350 g/mol. The minimum absolute atomic E-state index is 0.0187. The summed E-state index contributed by atoms with van der Waals surface area (Å²) in [4.78, 5) is 23.7. The van der Waals surface area contributed by atoms with Crippen molar-refractivity contribution in [2.75, 3.05) is 13.1 Å². The van der Waals surface area contributed by atoms with Crippen molar-refractivity contribution >= 4 is 5.91 Å². The first-order valence-electron chi connectivity index (χ1n) is 9.84. The molecule has 144 valence electrons. The minimum Gasteiger partial charge on any atom is -0.337 e. The molecule has 0 saturated carbocycles. The van der Waals surface area contributed by atoms with Gasteiger partial charge >= 0.3 is 0 Å². The number of hydrogen-bond acceptors (Lipinski definition) is 4. The van der Waals surface area contributed by atoms with Gasteiger partial charge in [0.05, 0.1) is 6.20 Å². The molecule has 0 aliphatic carbocycles. The molecule has 6 nitrogen and oxygen atoms in total. The van der Waals surface area contributed by atoms with Crippen molar-refractivity contribution in [1.29, 1.82) is 0 Å². The van der Waals surface area contributed by atoms with E-state index in [1.54, 1.807) is 12.3 Å². The average molecular weight is 375 g/mol. The third-order valence-corrected chi connectivity index (χ3v) is 5.28. The Labute approximate surface area is 165 Å². The van der Waals surface area contributed by atoms with E-state index < -0.39 is 0 Å². The number of amides is 1. The van der Waals surface area contributed by atoms with E-state index in [9.17, 15) is 4.79 Å². The highest BCUT2D eigenvalue weighted by Gasteiger charge is 2.29. The second-order valence-corrected chi connectivity index (χ2v) is 7.61. The molecule has 1 saturated heterocycles. The van der Waals surface area contributed by atoms with Gasteiger partial charge in [-0.3, -0.25) is 9.89 Å². The standard InChI is InChI=1S/C22H25N5O/c1-15(2)21-23-11-10-19(25-21)22(28)27-12-6-9-17(14-27)20-18(13-24-26-20)16-7-4-3-5-8-16/h3-5,7-8,10-11,13,15,17H,6,9,12,14H2,1-2H3,(H,24,26)/t17-/m0/s1. The maximum atomic E-state index is 13.1. The third kappa shape index (κ3) is 3.67. The van der Waals surface area contributed by atoms with Crippen LogP contribution in [0.1, 0.15) is 60.5 Å². The largest absolute Gasteiger partial charge is 0.337 e. The van der Waals surface area contributed by atoms with Crippen molar-refractivity contribution in [1.82, 2.24) is 25.1 Å². The van der Waals surface area contributed by atoms with Gasteiger partial charge in [0, 0.05) is 42.4 Å². The molecule has 1 aromatic carbocycles. The highest BCUT2D eigenvalue weighted by Crippen LogP contribution is 2.33. The maximum Gasteiger partial charge on any atom is 0.272 e. The number of rotatable bonds is 4. The molecule has 28 heavy (non-hydrogen) atoms. The lowest BCUT2D eigenvalue weighted by atomic mass is 9.90. The lowest BCUT2D eigenvalue weighted by Gasteiger charge is -2.32. The number of carbonyl (C=O) groups is 1. The lowest BCUT2D eigenvalue weighted by molar-refractivity contribution is 0.0699. The Kier molecular flexibility index (Phi) is 5.19. The number of nitrogens with one attached hydrogen (secondary N) is 1. The topological polar surface area (TPSA) is 74.8 Å². The van der Waals surface area contributed by atoms with Crippen LogP contribution in [0.25, 0.3) is 11.1 Å². The van der Waals surface area contributed by atoms with E-state index in [1.807, 2.05) is 43.1 Å². The normalized spacial score (nSPS) is 17.1.